The number of halogens is 1. The van der Waals surface area contributed by atoms with Crippen LogP contribution in [0.25, 0.3) is 0 Å². The van der Waals surface area contributed by atoms with Crippen LogP contribution < -0.4 is 10.2 Å². The number of hydrogen-bond donors (Lipinski definition) is 0. The van der Waals surface area contributed by atoms with E-state index in [-0.39, 0.29) is 17.1 Å². The number of hydrogen-bond acceptors (Lipinski definition) is 4. The largest absolute Gasteiger partial charge is 0.485 e. The number of rotatable bonds is 5. The average molecular weight is 272 g/mol. The second-order valence-corrected chi connectivity index (χ2v) is 4.73. The van der Waals surface area contributed by atoms with Crippen molar-refractivity contribution >= 4 is 11.6 Å². The van der Waals surface area contributed by atoms with Crippen LogP contribution in [0.2, 0.25) is 0 Å². The van der Waals surface area contributed by atoms with Crippen LogP contribution in [0.3, 0.4) is 0 Å². The number of nitrogens with zero attached hydrogens (tertiary/aromatic N) is 1. The number of piperidine rings is 1. The lowest BCUT2D eigenvalue weighted by atomic mass is 10.1. The summed E-state index contributed by atoms with van der Waals surface area (Å²) in [5.41, 5.74) is -0.171. The fourth-order valence-electron chi connectivity index (χ4n) is 2.08. The van der Waals surface area contributed by atoms with E-state index in [2.05, 4.69) is 4.90 Å². The van der Waals surface area contributed by atoms with Gasteiger partial charge >= 0.3 is 0 Å². The first-order valence-electron chi connectivity index (χ1n) is 6.32. The first kappa shape index (κ1) is 13.4. The van der Waals surface area contributed by atoms with Crippen LogP contribution >= 0.6 is 11.6 Å². The molecule has 1 aliphatic rings. The van der Waals surface area contributed by atoms with Crippen molar-refractivity contribution in [3.05, 3.63) is 28.3 Å². The third-order valence-corrected chi connectivity index (χ3v) is 3.36. The Morgan fingerprint density at radius 2 is 2.11 bits per heavy atom. The van der Waals surface area contributed by atoms with Gasteiger partial charge in [-0.05, 0) is 25.9 Å². The molecule has 1 aliphatic heterocycles. The van der Waals surface area contributed by atoms with E-state index in [4.69, 9.17) is 20.8 Å². The van der Waals surface area contributed by atoms with Gasteiger partial charge in [0.15, 0.2) is 0 Å². The van der Waals surface area contributed by atoms with E-state index in [1.807, 2.05) is 0 Å². The fourth-order valence-corrected chi connectivity index (χ4v) is 2.22. The first-order valence-corrected chi connectivity index (χ1v) is 6.86. The molecule has 0 saturated carbocycles. The summed E-state index contributed by atoms with van der Waals surface area (Å²) in [6.07, 6.45) is 5.18. The lowest BCUT2D eigenvalue weighted by Gasteiger charge is -2.25. The lowest BCUT2D eigenvalue weighted by Crippen LogP contribution is -2.33. The number of alkyl halides is 1. The van der Waals surface area contributed by atoms with Crippen molar-refractivity contribution in [2.24, 2.45) is 0 Å². The Morgan fingerprint density at radius 3 is 2.78 bits per heavy atom. The van der Waals surface area contributed by atoms with Gasteiger partial charge in [-0.1, -0.05) is 6.42 Å². The molecule has 0 amide bonds. The number of likely N-dealkylation sites (tertiary alicyclic amines) is 1. The van der Waals surface area contributed by atoms with Crippen molar-refractivity contribution in [3.8, 4) is 5.75 Å². The minimum absolute atomic E-state index is 0.171. The smallest absolute Gasteiger partial charge is 0.227 e. The van der Waals surface area contributed by atoms with Crippen LogP contribution in [0.1, 0.15) is 25.0 Å². The molecule has 18 heavy (non-hydrogen) atoms. The molecule has 4 nitrogen and oxygen atoms in total. The van der Waals surface area contributed by atoms with E-state index in [9.17, 15) is 4.79 Å². The van der Waals surface area contributed by atoms with Crippen molar-refractivity contribution in [3.63, 3.8) is 0 Å². The fraction of sp³-hybridized carbons (Fsp3) is 0.615. The molecule has 1 aromatic rings. The molecule has 2 rings (SSSR count). The van der Waals surface area contributed by atoms with Gasteiger partial charge in [-0.2, -0.15) is 0 Å². The Kier molecular flexibility index (Phi) is 5.08. The van der Waals surface area contributed by atoms with Gasteiger partial charge in [0.1, 0.15) is 18.6 Å². The zero-order valence-electron chi connectivity index (χ0n) is 10.4. The molecule has 0 bridgehead atoms. The second-order valence-electron chi connectivity index (χ2n) is 4.46. The summed E-state index contributed by atoms with van der Waals surface area (Å²) < 4.78 is 10.6. The Labute approximate surface area is 111 Å². The Morgan fingerprint density at radius 1 is 1.33 bits per heavy atom. The molecule has 0 spiro atoms. The molecule has 5 heteroatoms. The molecule has 2 heterocycles. The van der Waals surface area contributed by atoms with E-state index in [0.29, 0.717) is 12.4 Å². The molecular formula is C13H18ClNO3. The summed E-state index contributed by atoms with van der Waals surface area (Å²) in [5.74, 6) is 0.925. The maximum atomic E-state index is 11.6. The van der Waals surface area contributed by atoms with Gasteiger partial charge < -0.3 is 9.15 Å². The predicted molar refractivity (Wildman–Crippen MR) is 70.3 cm³/mol. The van der Waals surface area contributed by atoms with Crippen molar-refractivity contribution in [1.82, 2.24) is 4.90 Å². The minimum atomic E-state index is -0.171. The van der Waals surface area contributed by atoms with E-state index < -0.39 is 0 Å². The Hall–Kier alpha value is -1.00. The molecule has 100 valence electrons. The molecule has 0 aromatic carbocycles. The molecule has 1 saturated heterocycles. The van der Waals surface area contributed by atoms with E-state index >= 15 is 0 Å². The van der Waals surface area contributed by atoms with Gasteiger partial charge in [0.2, 0.25) is 11.2 Å². The highest BCUT2D eigenvalue weighted by Crippen LogP contribution is 2.10. The first-order chi connectivity index (χ1) is 8.79. The Bertz CT molecular complexity index is 426. The van der Waals surface area contributed by atoms with E-state index in [1.54, 1.807) is 0 Å². The summed E-state index contributed by atoms with van der Waals surface area (Å²) in [7, 11) is 0. The molecular weight excluding hydrogens is 254 g/mol. The summed E-state index contributed by atoms with van der Waals surface area (Å²) in [6, 6.07) is 1.38. The summed E-state index contributed by atoms with van der Waals surface area (Å²) in [4.78, 5) is 14.0. The minimum Gasteiger partial charge on any atom is -0.485 e. The summed E-state index contributed by atoms with van der Waals surface area (Å²) in [5, 5.41) is 0. The zero-order chi connectivity index (χ0) is 12.8. The quantitative estimate of drug-likeness (QED) is 0.771. The van der Waals surface area contributed by atoms with Gasteiger partial charge in [-0.3, -0.25) is 9.69 Å². The van der Waals surface area contributed by atoms with Crippen LogP contribution in [0, 0.1) is 0 Å². The molecule has 0 aliphatic carbocycles. The molecule has 0 atom stereocenters. The van der Waals surface area contributed by atoms with Crippen LogP contribution in [0.15, 0.2) is 21.5 Å². The van der Waals surface area contributed by atoms with Crippen molar-refractivity contribution < 1.29 is 9.15 Å². The summed E-state index contributed by atoms with van der Waals surface area (Å²) >= 11 is 5.58. The lowest BCUT2D eigenvalue weighted by molar-refractivity contribution is 0.180. The van der Waals surface area contributed by atoms with Crippen LogP contribution in [0.5, 0.6) is 5.75 Å². The maximum Gasteiger partial charge on any atom is 0.227 e. The van der Waals surface area contributed by atoms with E-state index in [1.165, 1.54) is 31.6 Å². The van der Waals surface area contributed by atoms with Crippen molar-refractivity contribution in [2.75, 3.05) is 26.2 Å². The highest BCUT2D eigenvalue weighted by atomic mass is 35.5. The Balaban J connectivity index is 1.80. The summed E-state index contributed by atoms with van der Waals surface area (Å²) in [6.45, 7) is 3.63. The SMILES string of the molecule is O=c1cc(CCl)occ1OCCN1CCCCC1. The van der Waals surface area contributed by atoms with Crippen LogP contribution in [-0.2, 0) is 5.88 Å². The third-order valence-electron chi connectivity index (χ3n) is 3.10. The average Bonchev–Trinajstić information content (AvgIpc) is 2.42. The molecule has 0 unspecified atom stereocenters. The van der Waals surface area contributed by atoms with Crippen molar-refractivity contribution in [1.29, 1.82) is 0 Å². The van der Waals surface area contributed by atoms with Crippen LogP contribution in [-0.4, -0.2) is 31.1 Å². The zero-order valence-corrected chi connectivity index (χ0v) is 11.1. The van der Waals surface area contributed by atoms with Crippen molar-refractivity contribution in [2.45, 2.75) is 25.1 Å². The van der Waals surface area contributed by atoms with Gasteiger partial charge in [0, 0.05) is 12.6 Å². The standard InChI is InChI=1S/C13H18ClNO3/c14-9-11-8-12(16)13(10-18-11)17-7-6-15-4-2-1-3-5-15/h8,10H,1-7,9H2. The highest BCUT2D eigenvalue weighted by molar-refractivity contribution is 6.16. The highest BCUT2D eigenvalue weighted by Gasteiger charge is 2.10. The second kappa shape index (κ2) is 6.81. The van der Waals surface area contributed by atoms with Gasteiger partial charge in [0.05, 0.1) is 5.88 Å². The van der Waals surface area contributed by atoms with Crippen LogP contribution in [0.4, 0.5) is 0 Å². The molecule has 0 N–H and O–H groups in total. The molecule has 0 radical (unpaired) electrons. The predicted octanol–water partition coefficient (Wildman–Crippen LogP) is 2.24. The third kappa shape index (κ3) is 3.75. The normalized spacial score (nSPS) is 16.7. The molecule has 1 aromatic heterocycles. The van der Waals surface area contributed by atoms with Gasteiger partial charge in [-0.25, -0.2) is 0 Å². The number of ether oxygens (including phenoxy) is 1. The topological polar surface area (TPSA) is 42.7 Å². The van der Waals surface area contributed by atoms with Gasteiger partial charge in [-0.15, -0.1) is 11.6 Å². The maximum absolute atomic E-state index is 11.6. The van der Waals surface area contributed by atoms with Gasteiger partial charge in [0.25, 0.3) is 0 Å². The monoisotopic (exact) mass is 271 g/mol. The van der Waals surface area contributed by atoms with E-state index in [0.717, 1.165) is 19.6 Å². The molecule has 1 fully saturated rings.